The van der Waals surface area contributed by atoms with Gasteiger partial charge in [-0.3, -0.25) is 9.89 Å². The van der Waals surface area contributed by atoms with Gasteiger partial charge in [0.15, 0.2) is 11.6 Å². The molecule has 6 heteroatoms. The van der Waals surface area contributed by atoms with Crippen molar-refractivity contribution in [3.8, 4) is 22.5 Å². The highest BCUT2D eigenvalue weighted by Gasteiger charge is 2.43. The highest BCUT2D eigenvalue weighted by Crippen LogP contribution is 2.40. The predicted octanol–water partition coefficient (Wildman–Crippen LogP) is 2.05. The van der Waals surface area contributed by atoms with Gasteiger partial charge in [0.05, 0.1) is 4.88 Å². The van der Waals surface area contributed by atoms with E-state index in [1.807, 2.05) is 17.5 Å². The minimum atomic E-state index is -0.427. The molecule has 2 aromatic rings. The quantitative estimate of drug-likeness (QED) is 0.848. The van der Waals surface area contributed by atoms with Crippen molar-refractivity contribution in [3.05, 3.63) is 23.3 Å². The molecular formula is C14H14N4OS. The Morgan fingerprint density at radius 2 is 2.40 bits per heavy atom. The van der Waals surface area contributed by atoms with Gasteiger partial charge in [-0.1, -0.05) is 12.0 Å². The third kappa shape index (κ3) is 2.21. The van der Waals surface area contributed by atoms with Crippen LogP contribution in [-0.2, 0) is 10.3 Å². The van der Waals surface area contributed by atoms with E-state index in [9.17, 15) is 4.79 Å². The number of aromatic amines is 1. The van der Waals surface area contributed by atoms with Gasteiger partial charge in [-0.2, -0.15) is 5.10 Å². The van der Waals surface area contributed by atoms with Crippen molar-refractivity contribution in [3.63, 3.8) is 0 Å². The van der Waals surface area contributed by atoms with E-state index in [0.717, 1.165) is 30.0 Å². The number of carbonyl (C=O) groups excluding carboxylic acids is 1. The smallest absolute Gasteiger partial charge is 0.296 e. The molecule has 2 N–H and O–H groups in total. The molecule has 5 nitrogen and oxygen atoms in total. The molecule has 0 unspecified atom stereocenters. The molecule has 0 bridgehead atoms. The van der Waals surface area contributed by atoms with Crippen LogP contribution in [0.25, 0.3) is 10.7 Å². The molecule has 0 radical (unpaired) electrons. The first-order valence-corrected chi connectivity index (χ1v) is 7.33. The number of hydrogen-bond acceptors (Lipinski definition) is 4. The zero-order valence-corrected chi connectivity index (χ0v) is 11.9. The van der Waals surface area contributed by atoms with E-state index >= 15 is 0 Å². The van der Waals surface area contributed by atoms with Crippen molar-refractivity contribution >= 4 is 17.2 Å². The third-order valence-corrected chi connectivity index (χ3v) is 4.34. The monoisotopic (exact) mass is 286 g/mol. The van der Waals surface area contributed by atoms with E-state index in [-0.39, 0.29) is 5.91 Å². The highest BCUT2D eigenvalue weighted by atomic mass is 32.1. The molecule has 0 saturated heterocycles. The summed E-state index contributed by atoms with van der Waals surface area (Å²) in [6, 6.07) is 3.94. The Morgan fingerprint density at radius 3 is 3.00 bits per heavy atom. The number of amides is 1. The Balaban J connectivity index is 1.86. The summed E-state index contributed by atoms with van der Waals surface area (Å²) < 4.78 is 0. The topological polar surface area (TPSA) is 70.7 Å². The summed E-state index contributed by atoms with van der Waals surface area (Å²) in [5.74, 6) is 6.26. The molecule has 2 aromatic heterocycles. The highest BCUT2D eigenvalue weighted by molar-refractivity contribution is 7.13. The number of hydrogen-bond donors (Lipinski definition) is 2. The van der Waals surface area contributed by atoms with Crippen molar-refractivity contribution in [2.45, 2.75) is 31.7 Å². The molecule has 2 heterocycles. The Morgan fingerprint density at radius 1 is 1.55 bits per heavy atom. The maximum atomic E-state index is 11.7. The predicted molar refractivity (Wildman–Crippen MR) is 76.8 cm³/mol. The fraction of sp³-hybridized carbons (Fsp3) is 0.357. The summed E-state index contributed by atoms with van der Waals surface area (Å²) in [7, 11) is 0. The summed E-state index contributed by atoms with van der Waals surface area (Å²) in [4.78, 5) is 17.3. The van der Waals surface area contributed by atoms with Gasteiger partial charge in [0.25, 0.3) is 5.91 Å². The summed E-state index contributed by atoms with van der Waals surface area (Å²) >= 11 is 1.59. The fourth-order valence-electron chi connectivity index (χ4n) is 2.31. The van der Waals surface area contributed by atoms with Crippen molar-refractivity contribution in [2.24, 2.45) is 0 Å². The van der Waals surface area contributed by atoms with Crippen LogP contribution in [0.1, 0.15) is 32.0 Å². The zero-order valence-electron chi connectivity index (χ0n) is 11.1. The van der Waals surface area contributed by atoms with Crippen LogP contribution in [0.5, 0.6) is 0 Å². The molecule has 0 spiro atoms. The van der Waals surface area contributed by atoms with Gasteiger partial charge < -0.3 is 5.32 Å². The molecule has 1 amide bonds. The van der Waals surface area contributed by atoms with Crippen molar-refractivity contribution in [2.75, 3.05) is 0 Å². The normalized spacial score (nSPS) is 15.8. The molecule has 102 valence electrons. The number of nitrogens with one attached hydrogen (secondary N) is 2. The van der Waals surface area contributed by atoms with Gasteiger partial charge in [0.2, 0.25) is 0 Å². The van der Waals surface area contributed by atoms with E-state index in [4.69, 9.17) is 0 Å². The van der Waals surface area contributed by atoms with Crippen LogP contribution in [-0.4, -0.2) is 21.1 Å². The van der Waals surface area contributed by atoms with Crippen LogP contribution in [0.4, 0.5) is 0 Å². The van der Waals surface area contributed by atoms with E-state index < -0.39 is 5.54 Å². The molecule has 20 heavy (non-hydrogen) atoms. The molecule has 0 aromatic carbocycles. The first-order valence-electron chi connectivity index (χ1n) is 6.45. The second-order valence-electron chi connectivity index (χ2n) is 4.75. The first-order chi connectivity index (χ1) is 9.73. The number of carbonyl (C=O) groups is 1. The number of H-pyrrole nitrogens is 1. The lowest BCUT2D eigenvalue weighted by Crippen LogP contribution is -2.51. The van der Waals surface area contributed by atoms with Crippen LogP contribution in [0, 0.1) is 11.8 Å². The van der Waals surface area contributed by atoms with Crippen LogP contribution in [0.3, 0.4) is 0 Å². The Bertz CT molecular complexity index is 674. The lowest BCUT2D eigenvalue weighted by molar-refractivity contribution is -0.118. The largest absolute Gasteiger partial charge is 0.333 e. The van der Waals surface area contributed by atoms with Gasteiger partial charge in [0, 0.05) is 0 Å². The van der Waals surface area contributed by atoms with E-state index in [0.29, 0.717) is 5.82 Å². The van der Waals surface area contributed by atoms with Crippen molar-refractivity contribution in [1.29, 1.82) is 0 Å². The minimum absolute atomic E-state index is 0.263. The summed E-state index contributed by atoms with van der Waals surface area (Å²) in [6.07, 6.45) is 2.79. The van der Waals surface area contributed by atoms with Gasteiger partial charge in [-0.15, -0.1) is 11.3 Å². The van der Waals surface area contributed by atoms with E-state index in [1.165, 1.54) is 0 Å². The average molecular weight is 286 g/mol. The lowest BCUT2D eigenvalue weighted by Gasteiger charge is -2.39. The molecule has 1 aliphatic carbocycles. The summed E-state index contributed by atoms with van der Waals surface area (Å²) in [6.45, 7) is 1.65. The van der Waals surface area contributed by atoms with Crippen LogP contribution < -0.4 is 5.32 Å². The Labute approximate surface area is 120 Å². The average Bonchev–Trinajstić information content (AvgIpc) is 3.04. The SMILES string of the molecule is CC#CC(=O)NC1(c2nc(-c3cccs3)n[nH]2)CCC1. The van der Waals surface area contributed by atoms with Gasteiger partial charge in [0.1, 0.15) is 5.54 Å². The standard InChI is InChI=1S/C14H14N4OS/c1-2-5-11(19)16-14(7-4-8-14)13-15-12(17-18-13)10-6-3-9-20-10/h3,6,9H,4,7-8H2,1H3,(H,16,19)(H,15,17,18). The van der Waals surface area contributed by atoms with Crippen molar-refractivity contribution < 1.29 is 4.79 Å². The number of thiophene rings is 1. The Kier molecular flexibility index (Phi) is 3.28. The van der Waals surface area contributed by atoms with Gasteiger partial charge in [-0.05, 0) is 43.6 Å². The van der Waals surface area contributed by atoms with Gasteiger partial charge in [-0.25, -0.2) is 4.98 Å². The second kappa shape index (κ2) is 5.10. The zero-order chi connectivity index (χ0) is 14.0. The molecule has 3 rings (SSSR count). The number of aromatic nitrogens is 3. The minimum Gasteiger partial charge on any atom is -0.333 e. The van der Waals surface area contributed by atoms with Crippen LogP contribution >= 0.6 is 11.3 Å². The van der Waals surface area contributed by atoms with Crippen LogP contribution in [0.15, 0.2) is 17.5 Å². The van der Waals surface area contributed by atoms with Crippen molar-refractivity contribution in [1.82, 2.24) is 20.5 Å². The first kappa shape index (κ1) is 12.9. The van der Waals surface area contributed by atoms with E-state index in [1.54, 1.807) is 18.3 Å². The molecule has 0 atom stereocenters. The molecular weight excluding hydrogens is 272 g/mol. The molecule has 0 aliphatic heterocycles. The van der Waals surface area contributed by atoms with Gasteiger partial charge >= 0.3 is 0 Å². The molecule has 1 saturated carbocycles. The third-order valence-electron chi connectivity index (χ3n) is 3.48. The maximum Gasteiger partial charge on any atom is 0.296 e. The summed E-state index contributed by atoms with van der Waals surface area (Å²) in [5, 5.41) is 12.2. The number of nitrogens with zero attached hydrogens (tertiary/aromatic N) is 2. The Hall–Kier alpha value is -2.13. The lowest BCUT2D eigenvalue weighted by atomic mass is 9.76. The maximum absolute atomic E-state index is 11.7. The molecule has 1 fully saturated rings. The second-order valence-corrected chi connectivity index (χ2v) is 5.70. The van der Waals surface area contributed by atoms with E-state index in [2.05, 4.69) is 32.3 Å². The number of rotatable bonds is 3. The fourth-order valence-corrected chi connectivity index (χ4v) is 2.96. The van der Waals surface area contributed by atoms with Crippen LogP contribution in [0.2, 0.25) is 0 Å². The molecule has 1 aliphatic rings. The summed E-state index contributed by atoms with van der Waals surface area (Å²) in [5.41, 5.74) is -0.427.